The number of nitrogens with one attached hydrogen (secondary N) is 1. The molecule has 5 nitrogen and oxygen atoms in total. The van der Waals surface area contributed by atoms with Gasteiger partial charge < -0.3 is 10.1 Å². The SMILES string of the molecule is Cn1cc([C@@H]2OCC[C@H]2CNc2ncc(Cl)cc2F)cn1. The van der Waals surface area contributed by atoms with Crippen LogP contribution in [0.1, 0.15) is 18.1 Å². The van der Waals surface area contributed by atoms with E-state index in [4.69, 9.17) is 16.3 Å². The van der Waals surface area contributed by atoms with E-state index in [-0.39, 0.29) is 22.9 Å². The van der Waals surface area contributed by atoms with Crippen molar-refractivity contribution in [2.24, 2.45) is 13.0 Å². The molecule has 2 aromatic rings. The lowest BCUT2D eigenvalue weighted by Gasteiger charge is -2.18. The van der Waals surface area contributed by atoms with Gasteiger partial charge in [-0.2, -0.15) is 5.10 Å². The van der Waals surface area contributed by atoms with Crippen LogP contribution in [0.15, 0.2) is 24.7 Å². The van der Waals surface area contributed by atoms with Gasteiger partial charge in [0.2, 0.25) is 0 Å². The Balaban J connectivity index is 1.66. The van der Waals surface area contributed by atoms with Crippen LogP contribution in [0, 0.1) is 11.7 Å². The van der Waals surface area contributed by atoms with Crippen molar-refractivity contribution >= 4 is 17.4 Å². The van der Waals surface area contributed by atoms with Gasteiger partial charge in [-0.15, -0.1) is 0 Å². The number of ether oxygens (including phenoxy) is 1. The fraction of sp³-hybridized carbons (Fsp3) is 0.429. The summed E-state index contributed by atoms with van der Waals surface area (Å²) < 4.78 is 21.2. The lowest BCUT2D eigenvalue weighted by atomic mass is 9.97. The Morgan fingerprint density at radius 2 is 2.38 bits per heavy atom. The zero-order chi connectivity index (χ0) is 14.8. The summed E-state index contributed by atoms with van der Waals surface area (Å²) in [5, 5.41) is 7.49. The van der Waals surface area contributed by atoms with Crippen molar-refractivity contribution in [2.75, 3.05) is 18.5 Å². The largest absolute Gasteiger partial charge is 0.373 e. The molecule has 1 fully saturated rings. The highest BCUT2D eigenvalue weighted by atomic mass is 35.5. The van der Waals surface area contributed by atoms with Crippen LogP contribution in [0.4, 0.5) is 10.2 Å². The van der Waals surface area contributed by atoms with E-state index in [1.54, 1.807) is 4.68 Å². The van der Waals surface area contributed by atoms with Gasteiger partial charge in [-0.05, 0) is 12.5 Å². The molecule has 0 bridgehead atoms. The first-order valence-electron chi connectivity index (χ1n) is 6.78. The Kier molecular flexibility index (Phi) is 4.07. The molecule has 0 aliphatic carbocycles. The van der Waals surface area contributed by atoms with E-state index in [0.29, 0.717) is 13.2 Å². The third-order valence-corrected chi connectivity index (χ3v) is 3.81. The number of aryl methyl sites for hydroxylation is 1. The minimum atomic E-state index is -0.445. The third-order valence-electron chi connectivity index (χ3n) is 3.61. The fourth-order valence-electron chi connectivity index (χ4n) is 2.57. The summed E-state index contributed by atoms with van der Waals surface area (Å²) in [5.74, 6) is 0.0293. The van der Waals surface area contributed by atoms with E-state index in [9.17, 15) is 4.39 Å². The highest BCUT2D eigenvalue weighted by molar-refractivity contribution is 6.30. The molecule has 7 heteroatoms. The zero-order valence-corrected chi connectivity index (χ0v) is 12.3. The maximum atomic E-state index is 13.7. The molecule has 1 N–H and O–H groups in total. The Morgan fingerprint density at radius 3 is 3.10 bits per heavy atom. The van der Waals surface area contributed by atoms with Crippen LogP contribution in [0.3, 0.4) is 0 Å². The van der Waals surface area contributed by atoms with E-state index < -0.39 is 5.82 Å². The normalized spacial score (nSPS) is 21.7. The molecule has 1 aliphatic rings. The predicted molar refractivity (Wildman–Crippen MR) is 77.7 cm³/mol. The first-order valence-corrected chi connectivity index (χ1v) is 7.16. The average molecular weight is 311 g/mol. The number of pyridine rings is 1. The van der Waals surface area contributed by atoms with Crippen molar-refractivity contribution in [3.63, 3.8) is 0 Å². The average Bonchev–Trinajstić information content (AvgIpc) is 3.06. The Bertz CT molecular complexity index is 633. The topological polar surface area (TPSA) is 52.0 Å². The van der Waals surface area contributed by atoms with Gasteiger partial charge in [0, 0.05) is 44.1 Å². The third kappa shape index (κ3) is 3.16. The monoisotopic (exact) mass is 310 g/mol. The van der Waals surface area contributed by atoms with E-state index in [0.717, 1.165) is 12.0 Å². The quantitative estimate of drug-likeness (QED) is 0.943. The molecule has 0 unspecified atom stereocenters. The second-order valence-corrected chi connectivity index (χ2v) is 5.59. The summed E-state index contributed by atoms with van der Waals surface area (Å²) >= 11 is 5.69. The van der Waals surface area contributed by atoms with Gasteiger partial charge in [0.1, 0.15) is 0 Å². The zero-order valence-electron chi connectivity index (χ0n) is 11.6. The van der Waals surface area contributed by atoms with Crippen LogP contribution >= 0.6 is 11.6 Å². The fourth-order valence-corrected chi connectivity index (χ4v) is 2.72. The summed E-state index contributed by atoms with van der Waals surface area (Å²) in [4.78, 5) is 3.97. The van der Waals surface area contributed by atoms with Crippen molar-refractivity contribution in [3.8, 4) is 0 Å². The van der Waals surface area contributed by atoms with Crippen molar-refractivity contribution < 1.29 is 9.13 Å². The molecular weight excluding hydrogens is 295 g/mol. The molecule has 112 valence electrons. The molecule has 0 aromatic carbocycles. The summed E-state index contributed by atoms with van der Waals surface area (Å²) in [6.45, 7) is 1.29. The summed E-state index contributed by atoms with van der Waals surface area (Å²) in [7, 11) is 1.87. The number of aromatic nitrogens is 3. The highest BCUT2D eigenvalue weighted by Crippen LogP contribution is 2.34. The molecule has 0 radical (unpaired) electrons. The van der Waals surface area contributed by atoms with Crippen molar-refractivity contribution in [1.82, 2.24) is 14.8 Å². The molecule has 0 amide bonds. The molecule has 1 aliphatic heterocycles. The Morgan fingerprint density at radius 1 is 1.52 bits per heavy atom. The lowest BCUT2D eigenvalue weighted by Crippen LogP contribution is -2.18. The van der Waals surface area contributed by atoms with E-state index in [1.165, 1.54) is 12.3 Å². The van der Waals surface area contributed by atoms with Crippen LogP contribution in [0.2, 0.25) is 5.02 Å². The Labute approximate surface area is 127 Å². The predicted octanol–water partition coefficient (Wildman–Crippen LogP) is 2.80. The van der Waals surface area contributed by atoms with Gasteiger partial charge >= 0.3 is 0 Å². The minimum Gasteiger partial charge on any atom is -0.373 e. The molecule has 0 saturated carbocycles. The van der Waals surface area contributed by atoms with Crippen LogP contribution in [0.25, 0.3) is 0 Å². The first kappa shape index (κ1) is 14.3. The van der Waals surface area contributed by atoms with Gasteiger partial charge in [0.25, 0.3) is 0 Å². The summed E-state index contributed by atoms with van der Waals surface area (Å²) in [6, 6.07) is 1.25. The van der Waals surface area contributed by atoms with E-state index in [2.05, 4.69) is 15.4 Å². The van der Waals surface area contributed by atoms with E-state index >= 15 is 0 Å². The summed E-state index contributed by atoms with van der Waals surface area (Å²) in [6.07, 6.45) is 6.09. The number of hydrogen-bond donors (Lipinski definition) is 1. The van der Waals surface area contributed by atoms with Crippen LogP contribution < -0.4 is 5.32 Å². The molecule has 21 heavy (non-hydrogen) atoms. The van der Waals surface area contributed by atoms with Crippen molar-refractivity contribution in [2.45, 2.75) is 12.5 Å². The van der Waals surface area contributed by atoms with E-state index in [1.807, 2.05) is 19.4 Å². The van der Waals surface area contributed by atoms with Crippen molar-refractivity contribution in [3.05, 3.63) is 41.1 Å². The molecule has 2 aromatic heterocycles. The molecule has 2 atom stereocenters. The van der Waals surface area contributed by atoms with Gasteiger partial charge in [0.05, 0.1) is 17.3 Å². The van der Waals surface area contributed by atoms with Gasteiger partial charge in [0.15, 0.2) is 11.6 Å². The van der Waals surface area contributed by atoms with Gasteiger partial charge in [-0.25, -0.2) is 9.37 Å². The standard InChI is InChI=1S/C14H16ClFN4O/c1-20-8-10(6-19-20)13-9(2-3-21-13)5-17-14-12(16)4-11(15)7-18-14/h4,6-9,13H,2-3,5H2,1H3,(H,17,18)/t9-,13+/m0/s1. The van der Waals surface area contributed by atoms with Gasteiger partial charge in [-0.1, -0.05) is 11.6 Å². The highest BCUT2D eigenvalue weighted by Gasteiger charge is 2.30. The first-order chi connectivity index (χ1) is 10.1. The number of rotatable bonds is 4. The molecule has 1 saturated heterocycles. The second kappa shape index (κ2) is 5.99. The molecule has 3 rings (SSSR count). The van der Waals surface area contributed by atoms with Crippen LogP contribution in [0.5, 0.6) is 0 Å². The second-order valence-electron chi connectivity index (χ2n) is 5.15. The maximum absolute atomic E-state index is 13.7. The molecule has 3 heterocycles. The maximum Gasteiger partial charge on any atom is 0.166 e. The number of hydrogen-bond acceptors (Lipinski definition) is 4. The van der Waals surface area contributed by atoms with Gasteiger partial charge in [-0.3, -0.25) is 4.68 Å². The van der Waals surface area contributed by atoms with Crippen LogP contribution in [-0.2, 0) is 11.8 Å². The number of nitrogens with zero attached hydrogens (tertiary/aromatic N) is 3. The lowest BCUT2D eigenvalue weighted by molar-refractivity contribution is 0.0932. The minimum absolute atomic E-state index is 0.0124. The summed E-state index contributed by atoms with van der Waals surface area (Å²) in [5.41, 5.74) is 1.05. The van der Waals surface area contributed by atoms with Crippen molar-refractivity contribution in [1.29, 1.82) is 0 Å². The Hall–Kier alpha value is -1.66. The number of anilines is 1. The smallest absolute Gasteiger partial charge is 0.166 e. The molecule has 0 spiro atoms. The number of halogens is 2. The van der Waals surface area contributed by atoms with Crippen LogP contribution in [-0.4, -0.2) is 27.9 Å². The molecular formula is C14H16ClFN4O.